The van der Waals surface area contributed by atoms with Crippen molar-refractivity contribution in [2.24, 2.45) is 0 Å². The van der Waals surface area contributed by atoms with Crippen LogP contribution in [0.3, 0.4) is 0 Å². The van der Waals surface area contributed by atoms with E-state index in [2.05, 4.69) is 21.3 Å². The first-order chi connectivity index (χ1) is 11.9. The van der Waals surface area contributed by atoms with Crippen molar-refractivity contribution in [3.8, 4) is 17.0 Å². The molecule has 2 aromatic heterocycles. The standard InChI is InChI=1S/C18H21N5O/c1-24-17-6-3-2-5-14(17)15-13-16-18(20-9-12-23(16)21-15)22-10-4-7-19-8-11-22/h2-3,5-6,9,12-13,19H,4,7-8,10-11H2,1H3. The predicted octanol–water partition coefficient (Wildman–Crippen LogP) is 2.20. The summed E-state index contributed by atoms with van der Waals surface area (Å²) >= 11 is 0. The monoisotopic (exact) mass is 323 g/mol. The van der Waals surface area contributed by atoms with E-state index >= 15 is 0 Å². The molecule has 0 amide bonds. The molecule has 3 aromatic rings. The maximum atomic E-state index is 5.48. The topological polar surface area (TPSA) is 54.7 Å². The summed E-state index contributed by atoms with van der Waals surface area (Å²) in [6, 6.07) is 10.1. The Bertz CT molecular complexity index is 836. The van der Waals surface area contributed by atoms with Crippen molar-refractivity contribution >= 4 is 11.3 Å². The Morgan fingerprint density at radius 1 is 1.17 bits per heavy atom. The molecule has 0 atom stereocenters. The number of nitrogens with one attached hydrogen (secondary N) is 1. The summed E-state index contributed by atoms with van der Waals surface area (Å²) in [4.78, 5) is 6.96. The average Bonchev–Trinajstić information content (AvgIpc) is 2.88. The van der Waals surface area contributed by atoms with E-state index in [4.69, 9.17) is 9.84 Å². The first-order valence-corrected chi connectivity index (χ1v) is 8.30. The first-order valence-electron chi connectivity index (χ1n) is 8.30. The fraction of sp³-hybridized carbons (Fsp3) is 0.333. The number of ether oxygens (including phenoxy) is 1. The number of fused-ring (bicyclic) bond motifs is 1. The lowest BCUT2D eigenvalue weighted by Crippen LogP contribution is -2.29. The van der Waals surface area contributed by atoms with Crippen molar-refractivity contribution in [1.29, 1.82) is 0 Å². The smallest absolute Gasteiger partial charge is 0.154 e. The third-order valence-corrected chi connectivity index (χ3v) is 4.39. The van der Waals surface area contributed by atoms with Crippen molar-refractivity contribution in [3.63, 3.8) is 0 Å². The van der Waals surface area contributed by atoms with E-state index in [0.29, 0.717) is 0 Å². The van der Waals surface area contributed by atoms with Gasteiger partial charge in [0.05, 0.1) is 12.8 Å². The second-order valence-corrected chi connectivity index (χ2v) is 5.90. The number of hydrogen-bond donors (Lipinski definition) is 1. The highest BCUT2D eigenvalue weighted by Gasteiger charge is 2.17. The molecule has 1 saturated heterocycles. The molecule has 124 valence electrons. The largest absolute Gasteiger partial charge is 0.496 e. The van der Waals surface area contributed by atoms with Crippen molar-refractivity contribution in [2.75, 3.05) is 38.2 Å². The molecule has 24 heavy (non-hydrogen) atoms. The SMILES string of the molecule is COc1ccccc1-c1cc2c(N3CCCNCC3)nccn2n1. The molecule has 0 unspecified atom stereocenters. The van der Waals surface area contributed by atoms with Crippen molar-refractivity contribution in [1.82, 2.24) is 19.9 Å². The van der Waals surface area contributed by atoms with E-state index in [0.717, 1.165) is 60.9 Å². The number of methoxy groups -OCH3 is 1. The highest BCUT2D eigenvalue weighted by Crippen LogP contribution is 2.31. The quantitative estimate of drug-likeness (QED) is 0.801. The van der Waals surface area contributed by atoms with E-state index in [1.54, 1.807) is 7.11 Å². The maximum Gasteiger partial charge on any atom is 0.154 e. The molecule has 1 fully saturated rings. The Morgan fingerprint density at radius 2 is 2.08 bits per heavy atom. The summed E-state index contributed by atoms with van der Waals surface area (Å²) in [6.45, 7) is 4.01. The van der Waals surface area contributed by atoms with Crippen molar-refractivity contribution in [2.45, 2.75) is 6.42 Å². The van der Waals surface area contributed by atoms with Gasteiger partial charge in [0.15, 0.2) is 5.82 Å². The third-order valence-electron chi connectivity index (χ3n) is 4.39. The van der Waals surface area contributed by atoms with Gasteiger partial charge in [0, 0.05) is 37.6 Å². The maximum absolute atomic E-state index is 5.48. The Labute approximate surface area is 141 Å². The molecular weight excluding hydrogens is 302 g/mol. The number of nitrogens with zero attached hydrogens (tertiary/aromatic N) is 4. The van der Waals surface area contributed by atoms with Gasteiger partial charge in [-0.05, 0) is 31.2 Å². The molecule has 1 aromatic carbocycles. The minimum Gasteiger partial charge on any atom is -0.496 e. The van der Waals surface area contributed by atoms with Crippen molar-refractivity contribution in [3.05, 3.63) is 42.7 Å². The third kappa shape index (κ3) is 2.69. The minimum absolute atomic E-state index is 0.828. The molecular formula is C18H21N5O. The van der Waals surface area contributed by atoms with Crippen LogP contribution in [0.25, 0.3) is 16.8 Å². The summed E-state index contributed by atoms with van der Waals surface area (Å²) in [5.41, 5.74) is 2.92. The summed E-state index contributed by atoms with van der Waals surface area (Å²) in [5, 5.41) is 8.16. The Hall–Kier alpha value is -2.60. The minimum atomic E-state index is 0.828. The van der Waals surface area contributed by atoms with Crippen LogP contribution in [0.2, 0.25) is 0 Å². The summed E-state index contributed by atoms with van der Waals surface area (Å²) in [7, 11) is 1.69. The average molecular weight is 323 g/mol. The highest BCUT2D eigenvalue weighted by atomic mass is 16.5. The summed E-state index contributed by atoms with van der Waals surface area (Å²) in [6.07, 6.45) is 4.84. The van der Waals surface area contributed by atoms with E-state index in [1.165, 1.54) is 0 Å². The van der Waals surface area contributed by atoms with Crippen molar-refractivity contribution < 1.29 is 4.74 Å². The number of aromatic nitrogens is 3. The van der Waals surface area contributed by atoms with Crippen LogP contribution >= 0.6 is 0 Å². The lowest BCUT2D eigenvalue weighted by molar-refractivity contribution is 0.416. The van der Waals surface area contributed by atoms with Crippen LogP contribution in [0.5, 0.6) is 5.75 Å². The normalized spacial score (nSPS) is 15.5. The van der Waals surface area contributed by atoms with Crippen LogP contribution < -0.4 is 15.0 Å². The van der Waals surface area contributed by atoms with Gasteiger partial charge in [-0.2, -0.15) is 5.10 Å². The zero-order chi connectivity index (χ0) is 16.4. The van der Waals surface area contributed by atoms with E-state index in [9.17, 15) is 0 Å². The molecule has 0 spiro atoms. The van der Waals surface area contributed by atoms with Crippen LogP contribution in [-0.2, 0) is 0 Å². The van der Waals surface area contributed by atoms with Gasteiger partial charge in [-0.15, -0.1) is 0 Å². The molecule has 0 aliphatic carbocycles. The number of hydrogen-bond acceptors (Lipinski definition) is 5. The Morgan fingerprint density at radius 3 is 3.00 bits per heavy atom. The second kappa shape index (κ2) is 6.49. The molecule has 6 heteroatoms. The van der Waals surface area contributed by atoms with E-state index in [1.807, 2.05) is 41.2 Å². The van der Waals surface area contributed by atoms with Crippen LogP contribution in [-0.4, -0.2) is 47.9 Å². The van der Waals surface area contributed by atoms with Crippen LogP contribution in [0.15, 0.2) is 42.7 Å². The molecule has 3 heterocycles. The fourth-order valence-electron chi connectivity index (χ4n) is 3.20. The fourth-order valence-corrected chi connectivity index (χ4v) is 3.20. The Kier molecular flexibility index (Phi) is 4.04. The number of benzene rings is 1. The number of para-hydroxylation sites is 1. The number of anilines is 1. The molecule has 4 rings (SSSR count). The van der Waals surface area contributed by atoms with Gasteiger partial charge in [0.1, 0.15) is 11.3 Å². The summed E-state index contributed by atoms with van der Waals surface area (Å²) in [5.74, 6) is 1.82. The highest BCUT2D eigenvalue weighted by molar-refractivity contribution is 5.77. The van der Waals surface area contributed by atoms with Crippen LogP contribution in [0.4, 0.5) is 5.82 Å². The molecule has 6 nitrogen and oxygen atoms in total. The zero-order valence-electron chi connectivity index (χ0n) is 13.8. The second-order valence-electron chi connectivity index (χ2n) is 5.90. The van der Waals surface area contributed by atoms with Gasteiger partial charge in [-0.25, -0.2) is 9.50 Å². The zero-order valence-corrected chi connectivity index (χ0v) is 13.8. The molecule has 0 bridgehead atoms. The first kappa shape index (κ1) is 15.0. The van der Waals surface area contributed by atoms with Gasteiger partial charge in [-0.3, -0.25) is 0 Å². The van der Waals surface area contributed by atoms with Gasteiger partial charge in [-0.1, -0.05) is 12.1 Å². The van der Waals surface area contributed by atoms with Gasteiger partial charge < -0.3 is 15.0 Å². The molecule has 1 aliphatic heterocycles. The van der Waals surface area contributed by atoms with Gasteiger partial charge in [0.25, 0.3) is 0 Å². The van der Waals surface area contributed by atoms with Gasteiger partial charge in [0.2, 0.25) is 0 Å². The lowest BCUT2D eigenvalue weighted by Gasteiger charge is -2.21. The van der Waals surface area contributed by atoms with Crippen LogP contribution in [0.1, 0.15) is 6.42 Å². The van der Waals surface area contributed by atoms with Crippen LogP contribution in [0, 0.1) is 0 Å². The molecule has 0 saturated carbocycles. The van der Waals surface area contributed by atoms with E-state index in [-0.39, 0.29) is 0 Å². The van der Waals surface area contributed by atoms with Gasteiger partial charge >= 0.3 is 0 Å². The Balaban J connectivity index is 1.79. The molecule has 1 aliphatic rings. The molecule has 1 N–H and O–H groups in total. The lowest BCUT2D eigenvalue weighted by atomic mass is 10.1. The molecule has 0 radical (unpaired) electrons. The predicted molar refractivity (Wildman–Crippen MR) is 94.7 cm³/mol. The number of rotatable bonds is 3. The van der Waals surface area contributed by atoms with E-state index < -0.39 is 0 Å². The summed E-state index contributed by atoms with van der Waals surface area (Å²) < 4.78 is 7.38.